The van der Waals surface area contributed by atoms with Gasteiger partial charge in [-0.05, 0) is 37.7 Å². The molecular weight excluding hydrogens is 396 g/mol. The molecule has 2 aliphatic heterocycles. The highest BCUT2D eigenvalue weighted by atomic mass is 15.1. The number of rotatable bonds is 4. The second-order valence-electron chi connectivity index (χ2n) is 9.47. The van der Waals surface area contributed by atoms with E-state index in [4.69, 9.17) is 16.5 Å². The normalized spacial score (nSPS) is 28.9. The van der Waals surface area contributed by atoms with E-state index in [9.17, 15) is 0 Å². The quantitative estimate of drug-likeness (QED) is 0.589. The molecule has 174 valence electrons. The summed E-state index contributed by atoms with van der Waals surface area (Å²) in [6, 6.07) is 0.494. The van der Waals surface area contributed by atoms with Crippen LogP contribution in [0.3, 0.4) is 0 Å². The van der Waals surface area contributed by atoms with E-state index in [1.165, 1.54) is 54.5 Å². The maximum absolute atomic E-state index is 6.97. The molecular formula is C26H40N6. The fourth-order valence-corrected chi connectivity index (χ4v) is 5.68. The monoisotopic (exact) mass is 436 g/mol. The molecule has 4 aliphatic rings. The van der Waals surface area contributed by atoms with Crippen LogP contribution >= 0.6 is 0 Å². The first-order chi connectivity index (χ1) is 15.7. The smallest absolute Gasteiger partial charge is 0.0707 e. The first-order valence-electron chi connectivity index (χ1n) is 12.4. The van der Waals surface area contributed by atoms with Gasteiger partial charge in [0.15, 0.2) is 0 Å². The van der Waals surface area contributed by atoms with Gasteiger partial charge in [-0.1, -0.05) is 37.0 Å². The lowest BCUT2D eigenvalue weighted by molar-refractivity contribution is 0.395. The molecule has 0 bridgehead atoms. The van der Waals surface area contributed by atoms with Crippen molar-refractivity contribution in [3.8, 4) is 0 Å². The molecule has 4 rings (SSSR count). The van der Waals surface area contributed by atoms with Gasteiger partial charge in [-0.15, -0.1) is 0 Å². The summed E-state index contributed by atoms with van der Waals surface area (Å²) in [4.78, 5) is 11.8. The number of hydrogen-bond acceptors (Lipinski definition) is 6. The topological polar surface area (TPSA) is 92.0 Å². The largest absolute Gasteiger partial charge is 0.403 e. The van der Waals surface area contributed by atoms with Crippen LogP contribution in [0.2, 0.25) is 0 Å². The van der Waals surface area contributed by atoms with Crippen molar-refractivity contribution in [2.45, 2.75) is 63.8 Å². The Labute approximate surface area is 193 Å². The molecule has 6 heteroatoms. The van der Waals surface area contributed by atoms with E-state index in [1.807, 2.05) is 6.21 Å². The average Bonchev–Trinajstić information content (AvgIpc) is 3.05. The third-order valence-corrected chi connectivity index (χ3v) is 7.38. The third kappa shape index (κ3) is 5.17. The fraction of sp³-hybridized carbons (Fsp3) is 0.615. The number of piperidine rings is 1. The number of nitrogens with two attached hydrogens (primary N) is 2. The minimum atomic E-state index is 0.284. The number of nitrogens with zero attached hydrogens (tertiary/aromatic N) is 3. The van der Waals surface area contributed by atoms with Crippen LogP contribution < -0.4 is 16.8 Å². The Morgan fingerprint density at radius 3 is 2.81 bits per heavy atom. The molecule has 1 atom stereocenters. The van der Waals surface area contributed by atoms with Crippen LogP contribution in [0.4, 0.5) is 0 Å². The van der Waals surface area contributed by atoms with Crippen LogP contribution in [0.25, 0.3) is 0 Å². The molecule has 0 spiro atoms. The zero-order valence-electron chi connectivity index (χ0n) is 19.7. The van der Waals surface area contributed by atoms with Gasteiger partial charge in [0, 0.05) is 75.0 Å². The Kier molecular flexibility index (Phi) is 7.85. The van der Waals surface area contributed by atoms with Gasteiger partial charge in [0.1, 0.15) is 0 Å². The standard InChI is InChI=1S/C26H40N6/c1-29-16-21(15-27)32-14-6-11-22-19(18-32)7-5-10-23(22)26(28)24-17-30-13-12-25(24)31-20-8-3-2-4-9-20/h5,7,15-16,20,23,30H,2-4,6,8-14,17-18,27-28H2,1H3. The summed E-state index contributed by atoms with van der Waals surface area (Å²) < 4.78 is 0. The molecule has 2 heterocycles. The van der Waals surface area contributed by atoms with E-state index in [1.54, 1.807) is 13.2 Å². The molecule has 0 aromatic heterocycles. The summed E-state index contributed by atoms with van der Waals surface area (Å²) in [6.07, 6.45) is 18.8. The third-order valence-electron chi connectivity index (χ3n) is 7.38. The van der Waals surface area contributed by atoms with Crippen molar-refractivity contribution in [3.63, 3.8) is 0 Å². The molecule has 0 amide bonds. The molecule has 32 heavy (non-hydrogen) atoms. The lowest BCUT2D eigenvalue weighted by Gasteiger charge is -2.30. The van der Waals surface area contributed by atoms with Crippen LogP contribution in [0, 0.1) is 5.92 Å². The Morgan fingerprint density at radius 2 is 2.03 bits per heavy atom. The SMILES string of the molecule is CN=CC(=CN)N1CCCC2=C(C=CCC2C(N)=C2CNCCC2=NC2CCCCC2)C1. The molecule has 0 aromatic rings. The summed E-state index contributed by atoms with van der Waals surface area (Å²) in [6.45, 7) is 3.69. The van der Waals surface area contributed by atoms with Gasteiger partial charge in [0.2, 0.25) is 0 Å². The van der Waals surface area contributed by atoms with Crippen molar-refractivity contribution in [3.05, 3.63) is 46.5 Å². The molecule has 2 fully saturated rings. The molecule has 0 radical (unpaired) electrons. The van der Waals surface area contributed by atoms with Gasteiger partial charge in [-0.25, -0.2) is 0 Å². The molecule has 1 unspecified atom stereocenters. The lowest BCUT2D eigenvalue weighted by atomic mass is 9.80. The molecule has 2 aliphatic carbocycles. The Bertz CT molecular complexity index is 854. The van der Waals surface area contributed by atoms with Crippen molar-refractivity contribution in [2.75, 3.05) is 33.2 Å². The summed E-state index contributed by atoms with van der Waals surface area (Å²) >= 11 is 0. The average molecular weight is 437 g/mol. The van der Waals surface area contributed by atoms with Crippen LogP contribution in [-0.2, 0) is 0 Å². The van der Waals surface area contributed by atoms with E-state index in [0.717, 1.165) is 63.3 Å². The Hall–Kier alpha value is -2.34. The first kappa shape index (κ1) is 22.8. The van der Waals surface area contributed by atoms with E-state index >= 15 is 0 Å². The van der Waals surface area contributed by atoms with Crippen molar-refractivity contribution >= 4 is 11.9 Å². The fourth-order valence-electron chi connectivity index (χ4n) is 5.68. The van der Waals surface area contributed by atoms with Gasteiger partial charge in [0.25, 0.3) is 0 Å². The second kappa shape index (κ2) is 11.0. The summed E-state index contributed by atoms with van der Waals surface area (Å²) in [7, 11) is 1.79. The highest BCUT2D eigenvalue weighted by Crippen LogP contribution is 2.36. The Balaban J connectivity index is 1.61. The molecule has 1 saturated heterocycles. The molecule has 1 saturated carbocycles. The zero-order chi connectivity index (χ0) is 22.3. The minimum Gasteiger partial charge on any atom is -0.403 e. The number of hydrogen-bond donors (Lipinski definition) is 3. The first-order valence-corrected chi connectivity index (χ1v) is 12.4. The van der Waals surface area contributed by atoms with E-state index in [-0.39, 0.29) is 5.92 Å². The van der Waals surface area contributed by atoms with E-state index < -0.39 is 0 Å². The lowest BCUT2D eigenvalue weighted by Crippen LogP contribution is -2.35. The maximum Gasteiger partial charge on any atom is 0.0707 e. The van der Waals surface area contributed by atoms with Crippen molar-refractivity contribution in [1.29, 1.82) is 0 Å². The molecule has 0 aromatic carbocycles. The number of aliphatic imine (C=N–C) groups is 2. The molecule has 6 nitrogen and oxygen atoms in total. The van der Waals surface area contributed by atoms with Crippen LogP contribution in [0.5, 0.6) is 0 Å². The summed E-state index contributed by atoms with van der Waals surface area (Å²) in [5.74, 6) is 0.284. The van der Waals surface area contributed by atoms with Gasteiger partial charge in [-0.3, -0.25) is 9.98 Å². The number of nitrogens with one attached hydrogen (secondary N) is 1. The summed E-state index contributed by atoms with van der Waals surface area (Å²) in [5, 5.41) is 3.55. The predicted octanol–water partition coefficient (Wildman–Crippen LogP) is 3.44. The van der Waals surface area contributed by atoms with Crippen LogP contribution in [0.1, 0.15) is 57.8 Å². The summed E-state index contributed by atoms with van der Waals surface area (Å²) in [5.41, 5.74) is 20.3. The second-order valence-corrected chi connectivity index (χ2v) is 9.47. The van der Waals surface area contributed by atoms with Crippen molar-refractivity contribution in [2.24, 2.45) is 27.4 Å². The highest BCUT2D eigenvalue weighted by molar-refractivity contribution is 6.02. The highest BCUT2D eigenvalue weighted by Gasteiger charge is 2.29. The van der Waals surface area contributed by atoms with Gasteiger partial charge < -0.3 is 21.7 Å². The van der Waals surface area contributed by atoms with Crippen molar-refractivity contribution in [1.82, 2.24) is 10.2 Å². The minimum absolute atomic E-state index is 0.284. The van der Waals surface area contributed by atoms with Crippen LogP contribution in [0.15, 0.2) is 56.5 Å². The maximum atomic E-state index is 6.97. The zero-order valence-corrected chi connectivity index (χ0v) is 19.7. The van der Waals surface area contributed by atoms with E-state index in [2.05, 4.69) is 27.4 Å². The van der Waals surface area contributed by atoms with E-state index in [0.29, 0.717) is 6.04 Å². The van der Waals surface area contributed by atoms with Crippen molar-refractivity contribution < 1.29 is 0 Å². The number of allylic oxidation sites excluding steroid dienone is 3. The van der Waals surface area contributed by atoms with Gasteiger partial charge in [-0.2, -0.15) is 0 Å². The Morgan fingerprint density at radius 1 is 1.19 bits per heavy atom. The molecule has 5 N–H and O–H groups in total. The van der Waals surface area contributed by atoms with Gasteiger partial charge >= 0.3 is 0 Å². The predicted molar refractivity (Wildman–Crippen MR) is 135 cm³/mol. The van der Waals surface area contributed by atoms with Crippen LogP contribution in [-0.4, -0.2) is 56.1 Å². The van der Waals surface area contributed by atoms with Gasteiger partial charge in [0.05, 0.1) is 11.7 Å².